The molecule has 25 heteroatoms. The van der Waals surface area contributed by atoms with Crippen LogP contribution in [0.2, 0.25) is 0 Å². The van der Waals surface area contributed by atoms with Gasteiger partial charge in [-0.25, -0.2) is 92.6 Å². The third-order valence-electron chi connectivity index (χ3n) is 9.40. The summed E-state index contributed by atoms with van der Waals surface area (Å²) in [5, 5.41) is 0. The van der Waals surface area contributed by atoms with E-state index in [9.17, 15) is 57.5 Å². The zero-order valence-electron chi connectivity index (χ0n) is 31.7. The number of hydrogen-bond acceptors (Lipinski definition) is 3. The highest BCUT2D eigenvalue weighted by Gasteiger charge is 2.52. The minimum absolute atomic E-state index is 0.200. The molecular weight excluding hydrogens is 951 g/mol. The van der Waals surface area contributed by atoms with Crippen molar-refractivity contribution in [2.45, 2.75) is 11.5 Å². The van der Waals surface area contributed by atoms with Gasteiger partial charge in [-0.2, -0.15) is 0 Å². The summed E-state index contributed by atoms with van der Waals surface area (Å²) in [5.41, 5.74) is -13.4. The SMILES string of the molecule is C[S+](C)c1ccc(OC(=O)OCc2ccccc2)cc1.Fc1c(F)c(F)c([B-](c2c(F)c(F)c(F)c(F)c2F)(c2c(F)c(F)c(F)c(F)c2F)c2c(F)c(F)c(F)c(F)c2F)c(F)c1F. The fourth-order valence-electron chi connectivity index (χ4n) is 6.50. The molecule has 6 rings (SSSR count). The van der Waals surface area contributed by atoms with Gasteiger partial charge in [-0.3, -0.25) is 0 Å². The average Bonchev–Trinajstić information content (AvgIpc) is 3.29. The highest BCUT2D eigenvalue weighted by molar-refractivity contribution is 7.95. The van der Waals surface area contributed by atoms with Gasteiger partial charge in [0.05, 0.1) is 0 Å². The van der Waals surface area contributed by atoms with Crippen molar-refractivity contribution in [1.29, 1.82) is 0 Å². The maximum Gasteiger partial charge on any atom is 0.514 e. The summed E-state index contributed by atoms with van der Waals surface area (Å²) >= 11 is 0. The highest BCUT2D eigenvalue weighted by atomic mass is 32.2. The zero-order chi connectivity index (χ0) is 48.7. The van der Waals surface area contributed by atoms with Crippen LogP contribution in [0.25, 0.3) is 0 Å². The Morgan fingerprint density at radius 2 is 0.662 bits per heavy atom. The minimum atomic E-state index is -7.22. The fourth-order valence-corrected chi connectivity index (χ4v) is 7.18. The van der Waals surface area contributed by atoms with E-state index in [0.29, 0.717) is 5.75 Å². The van der Waals surface area contributed by atoms with E-state index in [-0.39, 0.29) is 17.5 Å². The lowest BCUT2D eigenvalue weighted by Crippen LogP contribution is -2.81. The van der Waals surface area contributed by atoms with Crippen LogP contribution in [-0.2, 0) is 22.2 Å². The Hall–Kier alpha value is -6.40. The molecule has 6 aromatic carbocycles. The quantitative estimate of drug-likeness (QED) is 0.0290. The van der Waals surface area contributed by atoms with Crippen LogP contribution in [-0.4, -0.2) is 24.8 Å². The number of hydrogen-bond donors (Lipinski definition) is 0. The van der Waals surface area contributed by atoms with Gasteiger partial charge in [0.2, 0.25) is 0 Å². The number of carbonyl (C=O) groups excluding carboxylic acids is 1. The summed E-state index contributed by atoms with van der Waals surface area (Å²) < 4.78 is 304. The van der Waals surface area contributed by atoms with Crippen LogP contribution in [0.1, 0.15) is 5.56 Å². The summed E-state index contributed by atoms with van der Waals surface area (Å²) in [6.07, 6.45) is -3.62. The molecule has 0 aliphatic rings. The van der Waals surface area contributed by atoms with Crippen molar-refractivity contribution in [2.75, 3.05) is 12.5 Å². The lowest BCUT2D eigenvalue weighted by Gasteiger charge is -2.44. The van der Waals surface area contributed by atoms with Crippen molar-refractivity contribution in [1.82, 2.24) is 0 Å². The second-order valence-corrected chi connectivity index (χ2v) is 15.3. The smallest absolute Gasteiger partial charge is 0.429 e. The van der Waals surface area contributed by atoms with Crippen LogP contribution in [0.3, 0.4) is 0 Å². The van der Waals surface area contributed by atoms with E-state index < -0.39 is 150 Å². The highest BCUT2D eigenvalue weighted by Crippen LogP contribution is 2.31. The monoisotopic (exact) mass is 968 g/mol. The molecule has 0 fully saturated rings. The van der Waals surface area contributed by atoms with E-state index in [4.69, 9.17) is 9.47 Å². The second-order valence-electron chi connectivity index (χ2n) is 13.2. The van der Waals surface area contributed by atoms with E-state index in [1.165, 1.54) is 4.90 Å². The maximum atomic E-state index is 15.4. The summed E-state index contributed by atoms with van der Waals surface area (Å²) in [6, 6.07) is 17.0. The first-order chi connectivity index (χ1) is 30.3. The third-order valence-corrected chi connectivity index (χ3v) is 10.6. The van der Waals surface area contributed by atoms with E-state index in [1.807, 2.05) is 42.5 Å². The average molecular weight is 968 g/mol. The predicted octanol–water partition coefficient (Wildman–Crippen LogP) is 9.48. The van der Waals surface area contributed by atoms with E-state index >= 15 is 35.1 Å². The molecule has 0 heterocycles. The van der Waals surface area contributed by atoms with Crippen LogP contribution in [0.4, 0.5) is 92.6 Å². The first-order valence-electron chi connectivity index (χ1n) is 17.1. The second kappa shape index (κ2) is 19.0. The summed E-state index contributed by atoms with van der Waals surface area (Å²) in [5.74, 6) is -70.9. The summed E-state index contributed by atoms with van der Waals surface area (Å²) in [4.78, 5) is 12.8. The minimum Gasteiger partial charge on any atom is -0.429 e. The Morgan fingerprint density at radius 3 is 0.923 bits per heavy atom. The van der Waals surface area contributed by atoms with Crippen LogP contribution in [0, 0.1) is 116 Å². The van der Waals surface area contributed by atoms with Crippen LogP contribution in [0.15, 0.2) is 59.5 Å². The molecule has 0 aliphatic carbocycles. The van der Waals surface area contributed by atoms with Gasteiger partial charge in [-0.05, 0) is 29.8 Å². The maximum absolute atomic E-state index is 15.4. The van der Waals surface area contributed by atoms with Crippen molar-refractivity contribution in [2.24, 2.45) is 0 Å². The fraction of sp³-hybridized carbons (Fsp3) is 0.0750. The van der Waals surface area contributed by atoms with Crippen molar-refractivity contribution in [3.63, 3.8) is 0 Å². The molecule has 0 saturated carbocycles. The topological polar surface area (TPSA) is 35.5 Å². The molecule has 6 aromatic rings. The standard InChI is InChI=1S/C24BF20.C16H17O3S/c26-5-1(6(27)14(35)21(42)13(5)34)25(2-7(28)15(36)22(43)16(37)8(2)29,3-9(30)17(38)23(44)18(39)10(3)31)4-11(32)19(40)24(45)20(41)12(4)33;1-20(2)15-10-8-14(9-11-15)19-16(17)18-12-13-6-4-3-5-7-13/h;3-11H,12H2,1-2H3/q-1;+1. The van der Waals surface area contributed by atoms with Crippen LogP contribution in [0.5, 0.6) is 5.75 Å². The molecule has 0 radical (unpaired) electrons. The Kier molecular flexibility index (Phi) is 14.5. The number of benzene rings is 6. The molecule has 344 valence electrons. The van der Waals surface area contributed by atoms with Crippen molar-refractivity contribution in [3.05, 3.63) is 177 Å². The molecule has 0 bridgehead atoms. The zero-order valence-corrected chi connectivity index (χ0v) is 32.5. The number of carbonyl (C=O) groups is 1. The summed E-state index contributed by atoms with van der Waals surface area (Å²) in [7, 11) is 0.200. The molecule has 0 atom stereocenters. The Bertz CT molecular complexity index is 2460. The molecule has 3 nitrogen and oxygen atoms in total. The van der Waals surface area contributed by atoms with Gasteiger partial charge in [0.15, 0.2) is 74.7 Å². The summed E-state index contributed by atoms with van der Waals surface area (Å²) in [6.45, 7) is 0.213. The van der Waals surface area contributed by atoms with Crippen molar-refractivity contribution in [3.8, 4) is 5.75 Å². The van der Waals surface area contributed by atoms with E-state index in [2.05, 4.69) is 12.5 Å². The first kappa shape index (κ1) is 49.6. The van der Waals surface area contributed by atoms with Gasteiger partial charge in [-0.1, -0.05) is 30.3 Å². The van der Waals surface area contributed by atoms with Gasteiger partial charge in [-0.15, -0.1) is 21.9 Å². The first-order valence-corrected chi connectivity index (χ1v) is 19.2. The lowest BCUT2D eigenvalue weighted by molar-refractivity contribution is 0.0927. The third kappa shape index (κ3) is 8.52. The van der Waals surface area contributed by atoms with Crippen molar-refractivity contribution >= 4 is 45.0 Å². The normalized spacial score (nSPS) is 11.5. The van der Waals surface area contributed by atoms with Gasteiger partial charge in [0.1, 0.15) is 77.6 Å². The number of ether oxygens (including phenoxy) is 2. The van der Waals surface area contributed by atoms with Crippen LogP contribution < -0.4 is 26.6 Å². The molecule has 0 spiro atoms. The molecule has 65 heavy (non-hydrogen) atoms. The van der Waals surface area contributed by atoms with Gasteiger partial charge in [0, 0.05) is 10.9 Å². The van der Waals surface area contributed by atoms with Gasteiger partial charge < -0.3 is 9.47 Å². The van der Waals surface area contributed by atoms with Gasteiger partial charge >= 0.3 is 6.16 Å². The van der Waals surface area contributed by atoms with Crippen LogP contribution >= 0.6 is 0 Å². The molecule has 0 unspecified atom stereocenters. The number of rotatable bonds is 8. The largest absolute Gasteiger partial charge is 0.514 e. The lowest BCUT2D eigenvalue weighted by atomic mass is 9.12. The van der Waals surface area contributed by atoms with Gasteiger partial charge in [0.25, 0.3) is 0 Å². The molecular formula is C40H17BF20O3S. The molecule has 0 aliphatic heterocycles. The molecule has 0 aromatic heterocycles. The van der Waals surface area contributed by atoms with E-state index in [1.54, 1.807) is 12.1 Å². The predicted molar refractivity (Wildman–Crippen MR) is 190 cm³/mol. The Morgan fingerprint density at radius 1 is 0.400 bits per heavy atom. The molecule has 0 saturated heterocycles. The molecule has 0 amide bonds. The van der Waals surface area contributed by atoms with Crippen molar-refractivity contribution < 1.29 is 102 Å². The Balaban J connectivity index is 0.000000330. The van der Waals surface area contributed by atoms with E-state index in [0.717, 1.165) is 5.56 Å². The Labute approximate surface area is 353 Å². The molecule has 0 N–H and O–H groups in total. The number of halogens is 20.